The highest BCUT2D eigenvalue weighted by Gasteiger charge is 2.36. The largest absolute Gasteiger partial charge is 0.508 e. The van der Waals surface area contributed by atoms with Gasteiger partial charge in [0.15, 0.2) is 11.5 Å². The van der Waals surface area contributed by atoms with Gasteiger partial charge < -0.3 is 29.8 Å². The third-order valence-corrected chi connectivity index (χ3v) is 5.86. The zero-order valence-electron chi connectivity index (χ0n) is 21.4. The molecule has 0 amide bonds. The lowest BCUT2D eigenvalue weighted by Crippen LogP contribution is -2.43. The minimum absolute atomic E-state index is 0.0215. The number of carboxylic acids is 1. The summed E-state index contributed by atoms with van der Waals surface area (Å²) in [6.45, 7) is 12.1. The fourth-order valence-corrected chi connectivity index (χ4v) is 3.14. The minimum atomic E-state index is -1.37. The molecule has 35 heavy (non-hydrogen) atoms. The molecule has 1 rings (SSSR count). The van der Waals surface area contributed by atoms with E-state index in [2.05, 4.69) is 0 Å². The van der Waals surface area contributed by atoms with E-state index in [1.54, 1.807) is 34.6 Å². The molecule has 1 aromatic rings. The molecule has 10 heteroatoms. The third-order valence-electron chi connectivity index (χ3n) is 5.86. The predicted octanol–water partition coefficient (Wildman–Crippen LogP) is 4.04. The Kier molecular flexibility index (Phi) is 11.7. The predicted molar refractivity (Wildman–Crippen MR) is 127 cm³/mol. The monoisotopic (exact) mass is 495 g/mol. The zero-order valence-corrected chi connectivity index (χ0v) is 21.4. The van der Waals surface area contributed by atoms with Crippen LogP contribution in [0.2, 0.25) is 0 Å². The van der Waals surface area contributed by atoms with Gasteiger partial charge in [-0.2, -0.15) is 0 Å². The smallest absolute Gasteiger partial charge is 0.480 e. The quantitative estimate of drug-likeness (QED) is 0.321. The van der Waals surface area contributed by atoms with Crippen LogP contribution in [0.3, 0.4) is 0 Å². The Morgan fingerprint density at radius 3 is 1.86 bits per heavy atom. The van der Waals surface area contributed by atoms with E-state index >= 15 is 0 Å². The van der Waals surface area contributed by atoms with Crippen LogP contribution < -0.4 is 15.2 Å². The van der Waals surface area contributed by atoms with Gasteiger partial charge in [0.25, 0.3) is 0 Å². The number of hydrogen-bond acceptors (Lipinski definition) is 9. The first kappa shape index (κ1) is 29.9. The van der Waals surface area contributed by atoms with Crippen LogP contribution in [0, 0.1) is 11.8 Å². The third kappa shape index (κ3) is 8.86. The SMILES string of the molecule is CCC(=O)Oc1ccc(C(C(C)C(C)OC(=O)OC(C)C(C)C)[C@H](N)C(=O)O)cc1OC(=O)CC. The topological polar surface area (TPSA) is 151 Å². The van der Waals surface area contributed by atoms with Crippen LogP contribution in [-0.4, -0.2) is 47.4 Å². The highest BCUT2D eigenvalue weighted by molar-refractivity contribution is 5.77. The first-order valence-electron chi connectivity index (χ1n) is 11.7. The van der Waals surface area contributed by atoms with Gasteiger partial charge in [-0.15, -0.1) is 0 Å². The van der Waals surface area contributed by atoms with E-state index in [1.807, 2.05) is 13.8 Å². The number of carbonyl (C=O) groups is 4. The molecule has 0 fully saturated rings. The molecule has 0 aliphatic carbocycles. The van der Waals surface area contributed by atoms with Crippen molar-refractivity contribution in [2.24, 2.45) is 17.6 Å². The van der Waals surface area contributed by atoms with Crippen molar-refractivity contribution in [3.05, 3.63) is 23.8 Å². The van der Waals surface area contributed by atoms with Gasteiger partial charge in [0.05, 0.1) is 0 Å². The molecule has 1 aromatic carbocycles. The van der Waals surface area contributed by atoms with Gasteiger partial charge >= 0.3 is 24.1 Å². The van der Waals surface area contributed by atoms with Crippen LogP contribution in [0.25, 0.3) is 0 Å². The molecule has 0 heterocycles. The number of benzene rings is 1. The normalized spacial score (nSPS) is 15.3. The maximum absolute atomic E-state index is 12.2. The summed E-state index contributed by atoms with van der Waals surface area (Å²) in [4.78, 5) is 47.8. The highest BCUT2D eigenvalue weighted by atomic mass is 16.7. The minimum Gasteiger partial charge on any atom is -0.480 e. The van der Waals surface area contributed by atoms with Crippen molar-refractivity contribution in [3.63, 3.8) is 0 Å². The van der Waals surface area contributed by atoms with Crippen LogP contribution >= 0.6 is 0 Å². The number of nitrogens with two attached hydrogens (primary N) is 1. The Morgan fingerprint density at radius 1 is 0.857 bits per heavy atom. The van der Waals surface area contributed by atoms with Crippen molar-refractivity contribution >= 4 is 24.1 Å². The molecular formula is C25H37NO9. The number of ether oxygens (including phenoxy) is 4. The summed E-state index contributed by atoms with van der Waals surface area (Å²) >= 11 is 0. The highest BCUT2D eigenvalue weighted by Crippen LogP contribution is 2.37. The lowest BCUT2D eigenvalue weighted by molar-refractivity contribution is -0.140. The lowest BCUT2D eigenvalue weighted by atomic mass is 9.79. The molecule has 4 unspecified atom stereocenters. The number of carboxylic acid groups (broad SMARTS) is 1. The summed E-state index contributed by atoms with van der Waals surface area (Å²) in [6, 6.07) is 3.00. The molecule has 5 atom stereocenters. The van der Waals surface area contributed by atoms with E-state index in [9.17, 15) is 24.3 Å². The molecule has 0 aliphatic heterocycles. The first-order chi connectivity index (χ1) is 16.3. The van der Waals surface area contributed by atoms with Crippen LogP contribution in [0.15, 0.2) is 18.2 Å². The van der Waals surface area contributed by atoms with Crippen molar-refractivity contribution in [2.75, 3.05) is 0 Å². The summed E-state index contributed by atoms with van der Waals surface area (Å²) in [5, 5.41) is 9.65. The van der Waals surface area contributed by atoms with Crippen LogP contribution in [-0.2, 0) is 23.9 Å². The van der Waals surface area contributed by atoms with Gasteiger partial charge in [0, 0.05) is 24.7 Å². The number of esters is 2. The maximum Gasteiger partial charge on any atom is 0.508 e. The summed E-state index contributed by atoms with van der Waals surface area (Å²) < 4.78 is 21.2. The van der Waals surface area contributed by atoms with Gasteiger partial charge in [-0.1, -0.05) is 40.7 Å². The Morgan fingerprint density at radius 2 is 1.37 bits per heavy atom. The number of aliphatic carboxylic acids is 1. The van der Waals surface area contributed by atoms with Gasteiger partial charge in [0.1, 0.15) is 18.2 Å². The molecule has 0 bridgehead atoms. The van der Waals surface area contributed by atoms with E-state index in [-0.39, 0.29) is 36.4 Å². The Labute approximate surface area is 206 Å². The molecular weight excluding hydrogens is 458 g/mol. The molecule has 0 aliphatic rings. The summed E-state index contributed by atoms with van der Waals surface area (Å²) in [5.41, 5.74) is 6.44. The van der Waals surface area contributed by atoms with Gasteiger partial charge in [0.2, 0.25) is 0 Å². The molecule has 3 N–H and O–H groups in total. The van der Waals surface area contributed by atoms with Crippen LogP contribution in [0.1, 0.15) is 72.8 Å². The van der Waals surface area contributed by atoms with Crippen LogP contribution in [0.4, 0.5) is 4.79 Å². The second-order valence-corrected chi connectivity index (χ2v) is 8.75. The fourth-order valence-electron chi connectivity index (χ4n) is 3.14. The Hall–Kier alpha value is -3.14. The zero-order chi connectivity index (χ0) is 26.9. The molecule has 0 aromatic heterocycles. The molecule has 0 radical (unpaired) electrons. The average molecular weight is 496 g/mol. The molecule has 10 nitrogen and oxygen atoms in total. The van der Waals surface area contributed by atoms with E-state index < -0.39 is 48.0 Å². The van der Waals surface area contributed by atoms with E-state index in [4.69, 9.17) is 24.7 Å². The Bertz CT molecular complexity index is 899. The maximum atomic E-state index is 12.2. The van der Waals surface area contributed by atoms with Crippen molar-refractivity contribution in [1.82, 2.24) is 0 Å². The molecule has 0 saturated heterocycles. The van der Waals surface area contributed by atoms with Gasteiger partial charge in [-0.25, -0.2) is 4.79 Å². The van der Waals surface area contributed by atoms with E-state index in [0.717, 1.165) is 0 Å². The van der Waals surface area contributed by atoms with Gasteiger partial charge in [-0.05, 0) is 37.5 Å². The second kappa shape index (κ2) is 13.7. The van der Waals surface area contributed by atoms with E-state index in [0.29, 0.717) is 5.56 Å². The molecule has 0 saturated carbocycles. The van der Waals surface area contributed by atoms with Crippen LogP contribution in [0.5, 0.6) is 11.5 Å². The molecule has 196 valence electrons. The summed E-state index contributed by atoms with van der Waals surface area (Å²) in [6.07, 6.45) is -1.82. The lowest BCUT2D eigenvalue weighted by Gasteiger charge is -2.32. The van der Waals surface area contributed by atoms with Crippen molar-refractivity contribution in [1.29, 1.82) is 0 Å². The van der Waals surface area contributed by atoms with Gasteiger partial charge in [-0.3, -0.25) is 14.4 Å². The fraction of sp³-hybridized carbons (Fsp3) is 0.600. The van der Waals surface area contributed by atoms with Crippen molar-refractivity contribution in [2.45, 2.75) is 85.5 Å². The van der Waals surface area contributed by atoms with E-state index in [1.165, 1.54) is 18.2 Å². The number of hydrogen-bond donors (Lipinski definition) is 2. The standard InChI is InChI=1S/C25H37NO9/c1-8-20(27)34-18-11-10-17(12-19(18)35-21(28)9-2)22(23(26)24(29)30)14(5)16(7)33-25(31)32-15(6)13(3)4/h10-16,22-23H,8-9,26H2,1-7H3,(H,29,30)/t14?,15?,16?,22?,23-/m0/s1. The Balaban J connectivity index is 3.34. The first-order valence-corrected chi connectivity index (χ1v) is 11.7. The number of carbonyl (C=O) groups excluding carboxylic acids is 3. The number of rotatable bonds is 12. The average Bonchev–Trinajstić information content (AvgIpc) is 2.79. The van der Waals surface area contributed by atoms with Crippen molar-refractivity contribution in [3.8, 4) is 11.5 Å². The summed E-state index contributed by atoms with van der Waals surface area (Å²) in [7, 11) is 0. The summed E-state index contributed by atoms with van der Waals surface area (Å²) in [5.74, 6) is -3.73. The molecule has 0 spiro atoms. The second-order valence-electron chi connectivity index (χ2n) is 8.75. The van der Waals surface area contributed by atoms with Crippen molar-refractivity contribution < 1.29 is 43.2 Å².